The predicted molar refractivity (Wildman–Crippen MR) is 89.7 cm³/mol. The van der Waals surface area contributed by atoms with E-state index < -0.39 is 0 Å². The highest BCUT2D eigenvalue weighted by Gasteiger charge is 2.17. The van der Waals surface area contributed by atoms with Gasteiger partial charge in [-0.15, -0.1) is 0 Å². The van der Waals surface area contributed by atoms with E-state index in [0.29, 0.717) is 5.02 Å². The maximum absolute atomic E-state index is 6.41. The summed E-state index contributed by atoms with van der Waals surface area (Å²) in [7, 11) is 1.63. The van der Waals surface area contributed by atoms with Crippen LogP contribution in [0, 0.1) is 6.92 Å². The maximum atomic E-state index is 6.41. The number of hydrogen-bond acceptors (Lipinski definition) is 2. The predicted octanol–water partition coefficient (Wildman–Crippen LogP) is 5.01. The van der Waals surface area contributed by atoms with E-state index in [2.05, 4.69) is 18.3 Å². The Morgan fingerprint density at radius 3 is 2.43 bits per heavy atom. The highest BCUT2D eigenvalue weighted by molar-refractivity contribution is 6.32. The van der Waals surface area contributed by atoms with Crippen LogP contribution in [0.2, 0.25) is 10.0 Å². The number of hydrogen-bond donors (Lipinski definition) is 1. The molecule has 0 saturated carbocycles. The zero-order chi connectivity index (χ0) is 15.4. The van der Waals surface area contributed by atoms with Crippen molar-refractivity contribution in [2.24, 2.45) is 0 Å². The van der Waals surface area contributed by atoms with Gasteiger partial charge in [0.1, 0.15) is 5.75 Å². The minimum absolute atomic E-state index is 0.00602. The van der Waals surface area contributed by atoms with E-state index in [-0.39, 0.29) is 6.04 Å². The minimum atomic E-state index is 0.00602. The average Bonchev–Trinajstić information content (AvgIpc) is 2.48. The molecular weight excluding hydrogens is 305 g/mol. The molecular formula is C17H19Cl2NO. The summed E-state index contributed by atoms with van der Waals surface area (Å²) in [6, 6.07) is 11.8. The monoisotopic (exact) mass is 323 g/mol. The minimum Gasteiger partial charge on any atom is -0.497 e. The number of benzene rings is 2. The van der Waals surface area contributed by atoms with Crippen molar-refractivity contribution in [3.8, 4) is 5.75 Å². The topological polar surface area (TPSA) is 21.3 Å². The second kappa shape index (κ2) is 7.17. The maximum Gasteiger partial charge on any atom is 0.120 e. The molecule has 21 heavy (non-hydrogen) atoms. The van der Waals surface area contributed by atoms with Crippen LogP contribution < -0.4 is 10.1 Å². The third kappa shape index (κ3) is 3.70. The molecule has 2 nitrogen and oxygen atoms in total. The molecule has 2 aromatic carbocycles. The largest absolute Gasteiger partial charge is 0.497 e. The van der Waals surface area contributed by atoms with Crippen LogP contribution in [0.5, 0.6) is 5.75 Å². The molecule has 0 fully saturated rings. The van der Waals surface area contributed by atoms with Crippen LogP contribution in [0.3, 0.4) is 0 Å². The molecule has 1 N–H and O–H groups in total. The second-order valence-corrected chi connectivity index (χ2v) is 5.70. The van der Waals surface area contributed by atoms with Crippen LogP contribution in [-0.2, 0) is 0 Å². The lowest BCUT2D eigenvalue weighted by atomic mass is 9.97. The first-order valence-corrected chi connectivity index (χ1v) is 7.65. The highest BCUT2D eigenvalue weighted by Crippen LogP contribution is 2.32. The van der Waals surface area contributed by atoms with Crippen molar-refractivity contribution >= 4 is 23.2 Å². The molecule has 112 valence electrons. The SMILES string of the molecule is CCNC(c1ccc(C)c(Cl)c1)c1ccc(OC)cc1Cl. The Balaban J connectivity index is 2.45. The van der Waals surface area contributed by atoms with Gasteiger partial charge in [-0.1, -0.05) is 48.3 Å². The van der Waals surface area contributed by atoms with E-state index in [1.54, 1.807) is 7.11 Å². The first-order valence-electron chi connectivity index (χ1n) is 6.89. The molecule has 2 rings (SSSR count). The Hall–Kier alpha value is -1.22. The Morgan fingerprint density at radius 1 is 1.10 bits per heavy atom. The first kappa shape index (κ1) is 16.2. The standard InChI is InChI=1S/C17H19Cl2NO/c1-4-20-17(12-6-5-11(2)15(18)9-12)14-8-7-13(21-3)10-16(14)19/h5-10,17,20H,4H2,1-3H3. The number of ether oxygens (including phenoxy) is 1. The third-order valence-electron chi connectivity index (χ3n) is 3.46. The quantitative estimate of drug-likeness (QED) is 0.835. The molecule has 0 aliphatic carbocycles. The molecule has 2 aromatic rings. The van der Waals surface area contributed by atoms with Gasteiger partial charge in [0.2, 0.25) is 0 Å². The average molecular weight is 324 g/mol. The first-order chi connectivity index (χ1) is 10.1. The molecule has 0 bridgehead atoms. The summed E-state index contributed by atoms with van der Waals surface area (Å²) in [4.78, 5) is 0. The highest BCUT2D eigenvalue weighted by atomic mass is 35.5. The van der Waals surface area contributed by atoms with Crippen molar-refractivity contribution < 1.29 is 4.74 Å². The van der Waals surface area contributed by atoms with Gasteiger partial charge in [-0.05, 0) is 48.4 Å². The van der Waals surface area contributed by atoms with Crippen LogP contribution in [0.4, 0.5) is 0 Å². The van der Waals surface area contributed by atoms with Gasteiger partial charge in [-0.25, -0.2) is 0 Å². The van der Waals surface area contributed by atoms with Crippen LogP contribution in [-0.4, -0.2) is 13.7 Å². The van der Waals surface area contributed by atoms with Crippen molar-refractivity contribution in [1.29, 1.82) is 0 Å². The molecule has 0 aliphatic rings. The fourth-order valence-corrected chi connectivity index (χ4v) is 2.74. The normalized spacial score (nSPS) is 12.2. The molecule has 0 aromatic heterocycles. The van der Waals surface area contributed by atoms with Crippen molar-refractivity contribution in [3.63, 3.8) is 0 Å². The summed E-state index contributed by atoms with van der Waals surface area (Å²) in [5, 5.41) is 4.90. The Morgan fingerprint density at radius 2 is 1.86 bits per heavy atom. The van der Waals surface area contributed by atoms with Crippen molar-refractivity contribution in [2.45, 2.75) is 19.9 Å². The third-order valence-corrected chi connectivity index (χ3v) is 4.19. The fourth-order valence-electron chi connectivity index (χ4n) is 2.27. The van der Waals surface area contributed by atoms with Gasteiger partial charge in [-0.3, -0.25) is 0 Å². The molecule has 4 heteroatoms. The molecule has 0 spiro atoms. The Bertz CT molecular complexity index is 628. The summed E-state index contributed by atoms with van der Waals surface area (Å²) >= 11 is 12.7. The molecule has 0 saturated heterocycles. The summed E-state index contributed by atoms with van der Waals surface area (Å²) in [5.74, 6) is 0.751. The second-order valence-electron chi connectivity index (χ2n) is 4.89. The molecule has 0 aliphatic heterocycles. The molecule has 0 amide bonds. The number of rotatable bonds is 5. The zero-order valence-corrected chi connectivity index (χ0v) is 13.9. The molecule has 0 heterocycles. The van der Waals surface area contributed by atoms with Gasteiger partial charge in [-0.2, -0.15) is 0 Å². The molecule has 1 unspecified atom stereocenters. The summed E-state index contributed by atoms with van der Waals surface area (Å²) < 4.78 is 5.20. The van der Waals surface area contributed by atoms with Crippen molar-refractivity contribution in [1.82, 2.24) is 5.32 Å². The number of nitrogens with one attached hydrogen (secondary N) is 1. The number of methoxy groups -OCH3 is 1. The van der Waals surface area contributed by atoms with E-state index in [1.165, 1.54) is 0 Å². The Kier molecular flexibility index (Phi) is 5.51. The van der Waals surface area contributed by atoms with Gasteiger partial charge in [0.15, 0.2) is 0 Å². The Labute approximate surface area is 136 Å². The van der Waals surface area contributed by atoms with Gasteiger partial charge in [0, 0.05) is 10.0 Å². The summed E-state index contributed by atoms with van der Waals surface area (Å²) in [6.45, 7) is 4.90. The van der Waals surface area contributed by atoms with Crippen LogP contribution in [0.15, 0.2) is 36.4 Å². The lowest BCUT2D eigenvalue weighted by molar-refractivity contribution is 0.414. The van der Waals surface area contributed by atoms with E-state index in [4.69, 9.17) is 27.9 Å². The van der Waals surface area contributed by atoms with E-state index in [1.807, 2.05) is 37.3 Å². The molecule has 0 radical (unpaired) electrons. The zero-order valence-electron chi connectivity index (χ0n) is 12.4. The van der Waals surface area contributed by atoms with Gasteiger partial charge in [0.05, 0.1) is 13.2 Å². The van der Waals surface area contributed by atoms with E-state index in [0.717, 1.165) is 34.0 Å². The van der Waals surface area contributed by atoms with Crippen LogP contribution >= 0.6 is 23.2 Å². The van der Waals surface area contributed by atoms with Crippen LogP contribution in [0.25, 0.3) is 0 Å². The van der Waals surface area contributed by atoms with Gasteiger partial charge >= 0.3 is 0 Å². The smallest absolute Gasteiger partial charge is 0.120 e. The number of halogens is 2. The number of aryl methyl sites for hydroxylation is 1. The van der Waals surface area contributed by atoms with Gasteiger partial charge in [0.25, 0.3) is 0 Å². The summed E-state index contributed by atoms with van der Waals surface area (Å²) in [6.07, 6.45) is 0. The fraction of sp³-hybridized carbons (Fsp3) is 0.294. The lowest BCUT2D eigenvalue weighted by Gasteiger charge is -2.21. The van der Waals surface area contributed by atoms with Crippen LogP contribution in [0.1, 0.15) is 29.7 Å². The van der Waals surface area contributed by atoms with Gasteiger partial charge < -0.3 is 10.1 Å². The lowest BCUT2D eigenvalue weighted by Crippen LogP contribution is -2.22. The van der Waals surface area contributed by atoms with E-state index >= 15 is 0 Å². The van der Waals surface area contributed by atoms with Crippen molar-refractivity contribution in [3.05, 3.63) is 63.1 Å². The molecule has 1 atom stereocenters. The van der Waals surface area contributed by atoms with Crippen molar-refractivity contribution in [2.75, 3.05) is 13.7 Å². The summed E-state index contributed by atoms with van der Waals surface area (Å²) in [5.41, 5.74) is 3.18. The van der Waals surface area contributed by atoms with E-state index in [9.17, 15) is 0 Å².